The summed E-state index contributed by atoms with van der Waals surface area (Å²) < 4.78 is 0. The molecular formula is C20H23N5O. The summed E-state index contributed by atoms with van der Waals surface area (Å²) in [6, 6.07) is 11.3. The summed E-state index contributed by atoms with van der Waals surface area (Å²) in [6.07, 6.45) is 3.90. The number of rotatable bonds is 6. The van der Waals surface area contributed by atoms with Crippen molar-refractivity contribution in [2.45, 2.75) is 26.7 Å². The largest absolute Gasteiger partial charge is 0.360 e. The van der Waals surface area contributed by atoms with Gasteiger partial charge in [-0.05, 0) is 25.5 Å². The summed E-state index contributed by atoms with van der Waals surface area (Å²) >= 11 is 0. The number of nitrogens with one attached hydrogen (secondary N) is 1. The maximum absolute atomic E-state index is 12.8. The first-order valence-corrected chi connectivity index (χ1v) is 8.80. The summed E-state index contributed by atoms with van der Waals surface area (Å²) in [6.45, 7) is 4.84. The van der Waals surface area contributed by atoms with Crippen LogP contribution < -0.4 is 10.2 Å². The van der Waals surface area contributed by atoms with Gasteiger partial charge in [-0.25, -0.2) is 9.97 Å². The molecule has 2 aromatic heterocycles. The van der Waals surface area contributed by atoms with E-state index >= 15 is 0 Å². The Bertz CT molecular complexity index is 920. The molecule has 1 aromatic carbocycles. The maximum Gasteiger partial charge on any atom is 0.274 e. The number of unbranched alkanes of at least 4 members (excludes halogenated alkanes) is 1. The van der Waals surface area contributed by atoms with Crippen molar-refractivity contribution in [2.24, 2.45) is 0 Å². The lowest BCUT2D eigenvalue weighted by Crippen LogP contribution is -2.22. The number of hydrogen-bond donors (Lipinski definition) is 1. The highest BCUT2D eigenvalue weighted by Gasteiger charge is 2.14. The summed E-state index contributed by atoms with van der Waals surface area (Å²) in [5, 5.41) is 3.90. The Morgan fingerprint density at radius 3 is 2.81 bits per heavy atom. The van der Waals surface area contributed by atoms with Gasteiger partial charge in [0.25, 0.3) is 5.91 Å². The summed E-state index contributed by atoms with van der Waals surface area (Å²) in [5.41, 5.74) is 1.78. The Morgan fingerprint density at radius 2 is 2.00 bits per heavy atom. The van der Waals surface area contributed by atoms with Crippen LogP contribution in [0.3, 0.4) is 0 Å². The number of aryl methyl sites for hydroxylation is 1. The predicted octanol–water partition coefficient (Wildman–Crippen LogP) is 3.82. The molecule has 1 amide bonds. The van der Waals surface area contributed by atoms with Crippen LogP contribution in [0.2, 0.25) is 0 Å². The number of nitrogens with zero attached hydrogens (tertiary/aromatic N) is 4. The molecule has 0 radical (unpaired) electrons. The monoisotopic (exact) mass is 349 g/mol. The average molecular weight is 349 g/mol. The molecule has 6 heteroatoms. The average Bonchev–Trinajstić information content (AvgIpc) is 2.65. The van der Waals surface area contributed by atoms with E-state index in [-0.39, 0.29) is 5.91 Å². The highest BCUT2D eigenvalue weighted by Crippen LogP contribution is 2.21. The molecule has 0 saturated heterocycles. The zero-order valence-electron chi connectivity index (χ0n) is 15.4. The highest BCUT2D eigenvalue weighted by molar-refractivity contribution is 6.07. The molecule has 0 bridgehead atoms. The normalized spacial score (nSPS) is 10.7. The van der Waals surface area contributed by atoms with Crippen molar-refractivity contribution in [1.29, 1.82) is 0 Å². The van der Waals surface area contributed by atoms with E-state index in [9.17, 15) is 4.79 Å². The lowest BCUT2D eigenvalue weighted by atomic mass is 10.2. The lowest BCUT2D eigenvalue weighted by molar-refractivity contribution is 0.102. The molecule has 26 heavy (non-hydrogen) atoms. The molecule has 0 atom stereocenters. The molecule has 3 aromatic rings. The molecule has 6 nitrogen and oxygen atoms in total. The number of pyridine rings is 1. The smallest absolute Gasteiger partial charge is 0.274 e. The Labute approximate surface area is 153 Å². The summed E-state index contributed by atoms with van der Waals surface area (Å²) in [5.74, 6) is 1.07. The molecule has 1 N–H and O–H groups in total. The first kappa shape index (κ1) is 17.8. The van der Waals surface area contributed by atoms with E-state index in [1.807, 2.05) is 37.4 Å². The zero-order chi connectivity index (χ0) is 18.5. The van der Waals surface area contributed by atoms with Gasteiger partial charge >= 0.3 is 0 Å². The fourth-order valence-corrected chi connectivity index (χ4v) is 2.77. The second kappa shape index (κ2) is 7.91. The SMILES string of the molecule is CCCCN(C)c1cc(C(=O)Nc2cccc3cccnc23)nc(C)n1. The minimum atomic E-state index is -0.265. The Hall–Kier alpha value is -3.02. The molecule has 0 fully saturated rings. The number of hydrogen-bond acceptors (Lipinski definition) is 5. The maximum atomic E-state index is 12.8. The number of aromatic nitrogens is 3. The zero-order valence-corrected chi connectivity index (χ0v) is 15.4. The molecule has 0 aliphatic carbocycles. The molecule has 0 unspecified atom stereocenters. The van der Waals surface area contributed by atoms with E-state index < -0.39 is 0 Å². The lowest BCUT2D eigenvalue weighted by Gasteiger charge is -2.18. The second-order valence-corrected chi connectivity index (χ2v) is 6.27. The third-order valence-corrected chi connectivity index (χ3v) is 4.18. The highest BCUT2D eigenvalue weighted by atomic mass is 16.1. The van der Waals surface area contributed by atoms with E-state index in [4.69, 9.17) is 0 Å². The van der Waals surface area contributed by atoms with Crippen molar-refractivity contribution < 1.29 is 4.79 Å². The van der Waals surface area contributed by atoms with Crippen LogP contribution in [0.25, 0.3) is 10.9 Å². The molecule has 134 valence electrons. The van der Waals surface area contributed by atoms with Crippen molar-refractivity contribution >= 4 is 28.3 Å². The Kier molecular flexibility index (Phi) is 5.41. The topological polar surface area (TPSA) is 71.0 Å². The van der Waals surface area contributed by atoms with Crippen molar-refractivity contribution in [2.75, 3.05) is 23.8 Å². The van der Waals surface area contributed by atoms with Crippen LogP contribution in [0.4, 0.5) is 11.5 Å². The van der Waals surface area contributed by atoms with Crippen LogP contribution in [-0.2, 0) is 0 Å². The predicted molar refractivity (Wildman–Crippen MR) is 105 cm³/mol. The number of fused-ring (bicyclic) bond motifs is 1. The Morgan fingerprint density at radius 1 is 1.19 bits per heavy atom. The van der Waals surface area contributed by atoms with Crippen LogP contribution >= 0.6 is 0 Å². The minimum absolute atomic E-state index is 0.265. The van der Waals surface area contributed by atoms with Gasteiger partial charge in [-0.15, -0.1) is 0 Å². The number of benzene rings is 1. The van der Waals surface area contributed by atoms with E-state index in [0.29, 0.717) is 17.2 Å². The van der Waals surface area contributed by atoms with Crippen molar-refractivity contribution in [3.8, 4) is 0 Å². The molecular weight excluding hydrogens is 326 g/mol. The van der Waals surface area contributed by atoms with E-state index in [1.54, 1.807) is 19.2 Å². The van der Waals surface area contributed by atoms with E-state index in [1.165, 1.54) is 0 Å². The first-order valence-electron chi connectivity index (χ1n) is 8.80. The first-order chi connectivity index (χ1) is 12.6. The number of amides is 1. The van der Waals surface area contributed by atoms with Crippen molar-refractivity contribution in [1.82, 2.24) is 15.0 Å². The summed E-state index contributed by atoms with van der Waals surface area (Å²) in [7, 11) is 1.98. The van der Waals surface area contributed by atoms with Crippen LogP contribution in [0.1, 0.15) is 36.1 Å². The van der Waals surface area contributed by atoms with Crippen LogP contribution in [0, 0.1) is 6.92 Å². The molecule has 2 heterocycles. The molecule has 0 spiro atoms. The van der Waals surface area contributed by atoms with Gasteiger partial charge in [0.05, 0.1) is 11.2 Å². The van der Waals surface area contributed by atoms with Crippen molar-refractivity contribution in [3.05, 3.63) is 54.1 Å². The number of para-hydroxylation sites is 1. The van der Waals surface area contributed by atoms with E-state index in [0.717, 1.165) is 36.1 Å². The van der Waals surface area contributed by atoms with Gasteiger partial charge in [0.15, 0.2) is 0 Å². The molecule has 0 saturated carbocycles. The van der Waals surface area contributed by atoms with Gasteiger partial charge in [0.1, 0.15) is 17.3 Å². The van der Waals surface area contributed by atoms with Crippen LogP contribution in [0.5, 0.6) is 0 Å². The molecule has 3 rings (SSSR count). The second-order valence-electron chi connectivity index (χ2n) is 6.27. The van der Waals surface area contributed by atoms with Gasteiger partial charge in [-0.2, -0.15) is 0 Å². The van der Waals surface area contributed by atoms with Crippen molar-refractivity contribution in [3.63, 3.8) is 0 Å². The number of anilines is 2. The van der Waals surface area contributed by atoms with Gasteiger partial charge < -0.3 is 10.2 Å². The van der Waals surface area contributed by atoms with Gasteiger partial charge in [-0.1, -0.05) is 31.5 Å². The van der Waals surface area contributed by atoms with Gasteiger partial charge in [-0.3, -0.25) is 9.78 Å². The Balaban J connectivity index is 1.86. The fraction of sp³-hybridized carbons (Fsp3) is 0.300. The van der Waals surface area contributed by atoms with Crippen LogP contribution in [-0.4, -0.2) is 34.5 Å². The summed E-state index contributed by atoms with van der Waals surface area (Å²) in [4.78, 5) is 27.9. The third-order valence-electron chi connectivity index (χ3n) is 4.18. The van der Waals surface area contributed by atoms with E-state index in [2.05, 4.69) is 32.1 Å². The molecule has 0 aliphatic rings. The quantitative estimate of drug-likeness (QED) is 0.732. The third kappa shape index (κ3) is 3.96. The fourth-order valence-electron chi connectivity index (χ4n) is 2.77. The van der Waals surface area contributed by atoms with Gasteiger partial charge in [0.2, 0.25) is 0 Å². The minimum Gasteiger partial charge on any atom is -0.360 e. The standard InChI is InChI=1S/C20H23N5O/c1-4-5-12-25(3)18-13-17(22-14(2)23-18)20(26)24-16-10-6-8-15-9-7-11-21-19(15)16/h6-11,13H,4-5,12H2,1-3H3,(H,24,26). The number of carbonyl (C=O) groups excluding carboxylic acids is 1. The van der Waals surface area contributed by atoms with Gasteiger partial charge in [0, 0.05) is 31.2 Å². The van der Waals surface area contributed by atoms with Crippen LogP contribution in [0.15, 0.2) is 42.6 Å². The number of carbonyl (C=O) groups is 1. The molecule has 0 aliphatic heterocycles.